The number of carbonyl (C=O) groups excluding carboxylic acids is 1. The molecular weight excluding hydrogens is 310 g/mol. The van der Waals surface area contributed by atoms with Crippen molar-refractivity contribution in [3.63, 3.8) is 0 Å². The van der Waals surface area contributed by atoms with E-state index in [0.29, 0.717) is 10.9 Å². The number of carbonyl (C=O) groups is 1. The van der Waals surface area contributed by atoms with E-state index in [1.54, 1.807) is 35.2 Å². The number of nitrogens with zero attached hydrogens (tertiary/aromatic N) is 1. The molecule has 1 amide bonds. The predicted molar refractivity (Wildman–Crippen MR) is 79.1 cm³/mol. The molecule has 0 spiro atoms. The third-order valence-electron chi connectivity index (χ3n) is 2.85. The molecule has 0 aliphatic carbocycles. The molecule has 0 unspecified atom stereocenters. The highest BCUT2D eigenvalue weighted by atomic mass is 32.2. The number of nitrogens with one attached hydrogen (secondary N) is 1. The Hall–Kier alpha value is -2.23. The van der Waals surface area contributed by atoms with Crippen LogP contribution in [0.2, 0.25) is 0 Å². The molecule has 1 aromatic heterocycles. The monoisotopic (exact) mass is 325 g/mol. The first-order valence-electron chi connectivity index (χ1n) is 6.33. The minimum Gasteiger partial charge on any atom is -0.391 e. The topological polar surface area (TPSA) is 132 Å². The number of rotatable bonds is 5. The van der Waals surface area contributed by atoms with Gasteiger partial charge in [-0.1, -0.05) is 6.07 Å². The molecular formula is C13H15N3O5S. The van der Waals surface area contributed by atoms with Crippen LogP contribution in [0.4, 0.5) is 0 Å². The second-order valence-electron chi connectivity index (χ2n) is 4.60. The summed E-state index contributed by atoms with van der Waals surface area (Å²) in [6.45, 7) is 1.27. The van der Waals surface area contributed by atoms with Crippen LogP contribution in [-0.2, 0) is 15.1 Å². The minimum atomic E-state index is -4.42. The third kappa shape index (κ3) is 3.70. The summed E-state index contributed by atoms with van der Waals surface area (Å²) in [5.74, 6) is -1.04. The molecule has 0 fully saturated rings. The lowest BCUT2D eigenvalue weighted by Gasteiger charge is -2.15. The van der Waals surface area contributed by atoms with E-state index >= 15 is 0 Å². The van der Waals surface area contributed by atoms with Gasteiger partial charge < -0.3 is 15.0 Å². The van der Waals surface area contributed by atoms with Crippen LogP contribution < -0.4 is 14.6 Å². The summed E-state index contributed by atoms with van der Waals surface area (Å²) >= 11 is 0. The molecule has 0 aliphatic heterocycles. The molecule has 4 N–H and O–H groups in total. The highest BCUT2D eigenvalue weighted by molar-refractivity contribution is 7.85. The van der Waals surface area contributed by atoms with E-state index in [4.69, 9.17) is 9.92 Å². The van der Waals surface area contributed by atoms with Crippen LogP contribution in [-0.4, -0.2) is 36.6 Å². The molecule has 1 heterocycles. The Morgan fingerprint density at radius 1 is 1.36 bits per heavy atom. The van der Waals surface area contributed by atoms with Gasteiger partial charge in [-0.05, 0) is 31.2 Å². The van der Waals surface area contributed by atoms with Crippen molar-refractivity contribution in [2.75, 3.05) is 0 Å². The average Bonchev–Trinajstić information content (AvgIpc) is 2.45. The molecule has 9 heteroatoms. The van der Waals surface area contributed by atoms with E-state index < -0.39 is 28.4 Å². The van der Waals surface area contributed by atoms with E-state index in [0.717, 1.165) is 0 Å². The fraction of sp³-hybridized carbons (Fsp3) is 0.231. The number of amides is 1. The zero-order valence-corrected chi connectivity index (χ0v) is 12.4. The minimum absolute atomic E-state index is 0.0246. The van der Waals surface area contributed by atoms with E-state index in [9.17, 15) is 18.3 Å². The van der Waals surface area contributed by atoms with Crippen molar-refractivity contribution in [1.82, 2.24) is 9.71 Å². The Morgan fingerprint density at radius 2 is 2.09 bits per heavy atom. The van der Waals surface area contributed by atoms with Gasteiger partial charge in [0.1, 0.15) is 6.04 Å². The number of aromatic nitrogens is 1. The lowest BCUT2D eigenvalue weighted by molar-refractivity contribution is -0.122. The zero-order chi connectivity index (χ0) is 16.3. The summed E-state index contributed by atoms with van der Waals surface area (Å²) in [6.07, 6.45) is 0.362. The number of hydrogen-bond acceptors (Lipinski definition) is 7. The first kappa shape index (κ1) is 16.1. The molecule has 22 heavy (non-hydrogen) atoms. The molecule has 0 radical (unpaired) electrons. The number of nitrogens with two attached hydrogens (primary N) is 1. The Labute approximate surface area is 127 Å². The SMILES string of the molecule is C[C@@H](O)[C@H](N)C(=O)NS(=O)(=O)Oc1cccc2ncccc12. The summed E-state index contributed by atoms with van der Waals surface area (Å²) < 4.78 is 30.3. The van der Waals surface area contributed by atoms with Crippen LogP contribution in [0.3, 0.4) is 0 Å². The molecule has 8 nitrogen and oxygen atoms in total. The summed E-state index contributed by atoms with van der Waals surface area (Å²) in [4.78, 5) is 15.7. The Morgan fingerprint density at radius 3 is 2.77 bits per heavy atom. The van der Waals surface area contributed by atoms with Gasteiger partial charge in [0.2, 0.25) is 0 Å². The lowest BCUT2D eigenvalue weighted by Crippen LogP contribution is -2.49. The van der Waals surface area contributed by atoms with Crippen LogP contribution in [0, 0.1) is 0 Å². The van der Waals surface area contributed by atoms with Gasteiger partial charge in [0.25, 0.3) is 5.91 Å². The van der Waals surface area contributed by atoms with Gasteiger partial charge in [-0.15, -0.1) is 0 Å². The van der Waals surface area contributed by atoms with Crippen LogP contribution in [0.1, 0.15) is 6.92 Å². The zero-order valence-electron chi connectivity index (χ0n) is 11.6. The van der Waals surface area contributed by atoms with E-state index in [2.05, 4.69) is 4.98 Å². The molecule has 2 rings (SSSR count). The maximum absolute atomic E-state index is 11.9. The molecule has 1 aromatic carbocycles. The number of aliphatic hydroxyl groups excluding tert-OH is 1. The van der Waals surface area contributed by atoms with E-state index in [-0.39, 0.29) is 5.75 Å². The third-order valence-corrected chi connectivity index (χ3v) is 3.70. The van der Waals surface area contributed by atoms with Crippen LogP contribution in [0.5, 0.6) is 5.75 Å². The summed E-state index contributed by atoms with van der Waals surface area (Å²) in [5, 5.41) is 9.66. The van der Waals surface area contributed by atoms with E-state index in [1.165, 1.54) is 13.0 Å². The van der Waals surface area contributed by atoms with Crippen molar-refractivity contribution >= 4 is 27.1 Å². The molecule has 2 atom stereocenters. The van der Waals surface area contributed by atoms with Gasteiger partial charge in [0, 0.05) is 11.6 Å². The van der Waals surface area contributed by atoms with Crippen molar-refractivity contribution in [2.45, 2.75) is 19.1 Å². The highest BCUT2D eigenvalue weighted by Gasteiger charge is 2.25. The predicted octanol–water partition coefficient (Wildman–Crippen LogP) is -0.317. The Balaban J connectivity index is 2.23. The van der Waals surface area contributed by atoms with Gasteiger partial charge in [-0.3, -0.25) is 9.78 Å². The van der Waals surface area contributed by atoms with Crippen LogP contribution >= 0.6 is 0 Å². The molecule has 0 saturated carbocycles. The van der Waals surface area contributed by atoms with Gasteiger partial charge in [0.05, 0.1) is 11.6 Å². The summed E-state index contributed by atoms with van der Waals surface area (Å²) in [6, 6.07) is 6.58. The largest absolute Gasteiger partial charge is 0.409 e. The first-order chi connectivity index (χ1) is 10.3. The smallest absolute Gasteiger partial charge is 0.391 e. The fourth-order valence-corrected chi connectivity index (χ4v) is 2.50. The molecule has 0 aliphatic rings. The van der Waals surface area contributed by atoms with Crippen LogP contribution in [0.25, 0.3) is 10.9 Å². The quantitative estimate of drug-likeness (QED) is 0.686. The number of aliphatic hydroxyl groups is 1. The van der Waals surface area contributed by atoms with Gasteiger partial charge in [-0.25, -0.2) is 4.72 Å². The second-order valence-corrected chi connectivity index (χ2v) is 5.88. The number of fused-ring (bicyclic) bond motifs is 1. The molecule has 2 aromatic rings. The van der Waals surface area contributed by atoms with Gasteiger partial charge in [0.15, 0.2) is 5.75 Å². The Kier molecular flexibility index (Phi) is 4.59. The number of pyridine rings is 1. The van der Waals surface area contributed by atoms with Gasteiger partial charge in [-0.2, -0.15) is 8.42 Å². The first-order valence-corrected chi connectivity index (χ1v) is 7.74. The van der Waals surface area contributed by atoms with Gasteiger partial charge >= 0.3 is 10.3 Å². The fourth-order valence-electron chi connectivity index (χ4n) is 1.70. The molecule has 0 saturated heterocycles. The normalized spacial score (nSPS) is 14.3. The lowest BCUT2D eigenvalue weighted by atomic mass is 10.2. The molecule has 118 valence electrons. The molecule has 0 bridgehead atoms. The van der Waals surface area contributed by atoms with Crippen molar-refractivity contribution in [3.8, 4) is 5.75 Å². The highest BCUT2D eigenvalue weighted by Crippen LogP contribution is 2.24. The average molecular weight is 325 g/mol. The van der Waals surface area contributed by atoms with Crippen molar-refractivity contribution < 1.29 is 22.5 Å². The van der Waals surface area contributed by atoms with Crippen molar-refractivity contribution in [2.24, 2.45) is 5.73 Å². The summed E-state index contributed by atoms with van der Waals surface area (Å²) in [7, 11) is -4.42. The van der Waals surface area contributed by atoms with E-state index in [1.807, 2.05) is 0 Å². The van der Waals surface area contributed by atoms with Crippen LogP contribution in [0.15, 0.2) is 36.5 Å². The maximum Gasteiger partial charge on any atom is 0.409 e. The number of hydrogen-bond donors (Lipinski definition) is 3. The van der Waals surface area contributed by atoms with Crippen molar-refractivity contribution in [3.05, 3.63) is 36.5 Å². The number of benzene rings is 1. The summed E-state index contributed by atoms with van der Waals surface area (Å²) in [5.41, 5.74) is 5.90. The Bertz CT molecular complexity index is 786. The second kappa shape index (κ2) is 6.26. The van der Waals surface area contributed by atoms with Crippen molar-refractivity contribution in [1.29, 1.82) is 0 Å². The standard InChI is InChI=1S/C13H15N3O5S/c1-8(17)12(14)13(18)16-22(19,20)21-11-6-2-5-10-9(11)4-3-7-15-10/h2-8,12,17H,14H2,1H3,(H,16,18)/t8-,12+/m1/s1. The maximum atomic E-state index is 11.9.